The summed E-state index contributed by atoms with van der Waals surface area (Å²) in [6.07, 6.45) is 1.48. The van der Waals surface area contributed by atoms with Crippen molar-refractivity contribution in [2.75, 3.05) is 17.7 Å². The van der Waals surface area contributed by atoms with Crippen LogP contribution < -0.4 is 10.6 Å². The van der Waals surface area contributed by atoms with Crippen molar-refractivity contribution in [2.45, 2.75) is 6.92 Å². The molecule has 0 unspecified atom stereocenters. The molecule has 1 aromatic carbocycles. The van der Waals surface area contributed by atoms with E-state index in [4.69, 9.17) is 11.6 Å². The van der Waals surface area contributed by atoms with Crippen molar-refractivity contribution in [3.05, 3.63) is 40.8 Å². The summed E-state index contributed by atoms with van der Waals surface area (Å²) in [5, 5.41) is 6.18. The van der Waals surface area contributed by atoms with E-state index in [9.17, 15) is 4.39 Å². The highest BCUT2D eigenvalue weighted by molar-refractivity contribution is 6.32. The molecule has 0 aliphatic carbocycles. The van der Waals surface area contributed by atoms with Crippen LogP contribution >= 0.6 is 11.6 Å². The van der Waals surface area contributed by atoms with Crippen LogP contribution in [0.2, 0.25) is 5.02 Å². The molecule has 0 saturated carbocycles. The van der Waals surface area contributed by atoms with Crippen LogP contribution in [-0.4, -0.2) is 17.0 Å². The highest BCUT2D eigenvalue weighted by Crippen LogP contribution is 2.26. The number of rotatable bonds is 3. The number of hydrogen-bond acceptors (Lipinski definition) is 4. The van der Waals surface area contributed by atoms with Crippen LogP contribution in [0.15, 0.2) is 24.4 Å². The molecular weight excluding hydrogens is 255 g/mol. The van der Waals surface area contributed by atoms with E-state index in [0.717, 1.165) is 0 Å². The Labute approximate surface area is 109 Å². The molecule has 0 fully saturated rings. The van der Waals surface area contributed by atoms with Crippen molar-refractivity contribution >= 4 is 29.1 Å². The van der Waals surface area contributed by atoms with E-state index in [0.29, 0.717) is 28.0 Å². The standard InChI is InChI=1S/C12H12ClFN4/c1-7-9(14)4-3-5-10(7)17-11-8(13)6-16-12(15-2)18-11/h3-6H,1-2H3,(H2,15,16,17,18). The molecule has 2 N–H and O–H groups in total. The largest absolute Gasteiger partial charge is 0.357 e. The molecular formula is C12H12ClFN4. The lowest BCUT2D eigenvalue weighted by Crippen LogP contribution is -2.02. The van der Waals surface area contributed by atoms with Crippen LogP contribution in [0.1, 0.15) is 5.56 Å². The molecule has 94 valence electrons. The fraction of sp³-hybridized carbons (Fsp3) is 0.167. The monoisotopic (exact) mass is 266 g/mol. The molecule has 2 aromatic rings. The molecule has 0 radical (unpaired) electrons. The van der Waals surface area contributed by atoms with Gasteiger partial charge in [0.25, 0.3) is 0 Å². The van der Waals surface area contributed by atoms with E-state index >= 15 is 0 Å². The van der Waals surface area contributed by atoms with Crippen LogP contribution in [0.3, 0.4) is 0 Å². The lowest BCUT2D eigenvalue weighted by Gasteiger charge is -2.11. The fourth-order valence-corrected chi connectivity index (χ4v) is 1.58. The van der Waals surface area contributed by atoms with Crippen LogP contribution in [0.25, 0.3) is 0 Å². The third-order valence-corrected chi connectivity index (χ3v) is 2.77. The van der Waals surface area contributed by atoms with E-state index in [1.165, 1.54) is 12.3 Å². The van der Waals surface area contributed by atoms with Gasteiger partial charge in [0.15, 0.2) is 5.82 Å². The smallest absolute Gasteiger partial charge is 0.224 e. The van der Waals surface area contributed by atoms with Gasteiger partial charge in [0.05, 0.1) is 6.20 Å². The summed E-state index contributed by atoms with van der Waals surface area (Å²) in [6.45, 7) is 1.69. The highest BCUT2D eigenvalue weighted by Gasteiger charge is 2.08. The van der Waals surface area contributed by atoms with E-state index in [2.05, 4.69) is 20.6 Å². The Kier molecular flexibility index (Phi) is 3.62. The number of halogens is 2. The van der Waals surface area contributed by atoms with Crippen LogP contribution in [0.5, 0.6) is 0 Å². The summed E-state index contributed by atoms with van der Waals surface area (Å²) < 4.78 is 13.4. The first-order chi connectivity index (χ1) is 8.61. The van der Waals surface area contributed by atoms with Crippen LogP contribution in [0.4, 0.5) is 21.8 Å². The van der Waals surface area contributed by atoms with Crippen molar-refractivity contribution in [3.8, 4) is 0 Å². The van der Waals surface area contributed by atoms with Crippen molar-refractivity contribution in [1.82, 2.24) is 9.97 Å². The lowest BCUT2D eigenvalue weighted by atomic mass is 10.2. The van der Waals surface area contributed by atoms with Gasteiger partial charge < -0.3 is 10.6 Å². The zero-order valence-electron chi connectivity index (χ0n) is 9.96. The van der Waals surface area contributed by atoms with Crippen LogP contribution in [0, 0.1) is 12.7 Å². The molecule has 0 bridgehead atoms. The molecule has 18 heavy (non-hydrogen) atoms. The third kappa shape index (κ3) is 2.51. The van der Waals surface area contributed by atoms with E-state index in [1.807, 2.05) is 0 Å². The maximum atomic E-state index is 13.4. The second kappa shape index (κ2) is 5.18. The Morgan fingerprint density at radius 2 is 2.11 bits per heavy atom. The highest BCUT2D eigenvalue weighted by atomic mass is 35.5. The van der Waals surface area contributed by atoms with Gasteiger partial charge in [-0.15, -0.1) is 0 Å². The Morgan fingerprint density at radius 1 is 1.33 bits per heavy atom. The summed E-state index contributed by atoms with van der Waals surface area (Å²) >= 11 is 5.99. The summed E-state index contributed by atoms with van der Waals surface area (Å²) in [4.78, 5) is 8.14. The minimum absolute atomic E-state index is 0.279. The predicted molar refractivity (Wildman–Crippen MR) is 71.0 cm³/mol. The average Bonchev–Trinajstić information content (AvgIpc) is 2.37. The van der Waals surface area contributed by atoms with Crippen molar-refractivity contribution in [3.63, 3.8) is 0 Å². The summed E-state index contributed by atoms with van der Waals surface area (Å²) in [5.74, 6) is 0.597. The Hall–Kier alpha value is -1.88. The number of hydrogen-bond donors (Lipinski definition) is 2. The number of anilines is 3. The number of nitrogens with one attached hydrogen (secondary N) is 2. The summed E-state index contributed by atoms with van der Waals surface area (Å²) in [6, 6.07) is 4.79. The first-order valence-corrected chi connectivity index (χ1v) is 5.72. The number of benzene rings is 1. The molecule has 2 rings (SSSR count). The SMILES string of the molecule is CNc1ncc(Cl)c(Nc2cccc(F)c2C)n1. The molecule has 0 aliphatic rings. The van der Waals surface area contributed by atoms with Crippen molar-refractivity contribution in [2.24, 2.45) is 0 Å². The maximum Gasteiger partial charge on any atom is 0.224 e. The van der Waals surface area contributed by atoms with Gasteiger partial charge in [-0.05, 0) is 19.1 Å². The molecule has 1 heterocycles. The minimum Gasteiger partial charge on any atom is -0.357 e. The van der Waals surface area contributed by atoms with E-state index in [-0.39, 0.29) is 5.82 Å². The molecule has 0 aliphatic heterocycles. The normalized spacial score (nSPS) is 10.2. The van der Waals surface area contributed by atoms with Crippen molar-refractivity contribution in [1.29, 1.82) is 0 Å². The fourth-order valence-electron chi connectivity index (χ4n) is 1.45. The summed E-state index contributed by atoms with van der Waals surface area (Å²) in [5.41, 5.74) is 1.14. The molecule has 4 nitrogen and oxygen atoms in total. The third-order valence-electron chi connectivity index (χ3n) is 2.49. The molecule has 0 atom stereocenters. The molecule has 6 heteroatoms. The second-order valence-electron chi connectivity index (χ2n) is 3.68. The van der Waals surface area contributed by atoms with Gasteiger partial charge in [-0.3, -0.25) is 0 Å². The Morgan fingerprint density at radius 3 is 2.83 bits per heavy atom. The first kappa shape index (κ1) is 12.6. The van der Waals surface area contributed by atoms with E-state index in [1.54, 1.807) is 26.1 Å². The number of nitrogens with zero attached hydrogens (tertiary/aromatic N) is 2. The second-order valence-corrected chi connectivity index (χ2v) is 4.08. The quantitative estimate of drug-likeness (QED) is 0.894. The number of aromatic nitrogens is 2. The summed E-state index contributed by atoms with van der Waals surface area (Å²) in [7, 11) is 1.71. The topological polar surface area (TPSA) is 49.8 Å². The van der Waals surface area contributed by atoms with Gasteiger partial charge >= 0.3 is 0 Å². The van der Waals surface area contributed by atoms with Gasteiger partial charge in [0.1, 0.15) is 10.8 Å². The predicted octanol–water partition coefficient (Wildman–Crippen LogP) is 3.36. The van der Waals surface area contributed by atoms with E-state index < -0.39 is 0 Å². The van der Waals surface area contributed by atoms with Gasteiger partial charge in [0.2, 0.25) is 5.95 Å². The molecule has 1 aromatic heterocycles. The van der Waals surface area contributed by atoms with Gasteiger partial charge in [0, 0.05) is 18.3 Å². The molecule has 0 amide bonds. The zero-order valence-corrected chi connectivity index (χ0v) is 10.7. The minimum atomic E-state index is -0.279. The zero-order chi connectivity index (χ0) is 13.1. The Balaban J connectivity index is 2.36. The molecule has 0 spiro atoms. The van der Waals surface area contributed by atoms with Gasteiger partial charge in [-0.25, -0.2) is 9.37 Å². The molecule has 0 saturated heterocycles. The Bertz CT molecular complexity index is 574. The van der Waals surface area contributed by atoms with Gasteiger partial charge in [-0.1, -0.05) is 17.7 Å². The van der Waals surface area contributed by atoms with Crippen LogP contribution in [-0.2, 0) is 0 Å². The first-order valence-electron chi connectivity index (χ1n) is 5.34. The average molecular weight is 267 g/mol. The lowest BCUT2D eigenvalue weighted by molar-refractivity contribution is 0.619. The maximum absolute atomic E-state index is 13.4. The van der Waals surface area contributed by atoms with Crippen molar-refractivity contribution < 1.29 is 4.39 Å². The van der Waals surface area contributed by atoms with Gasteiger partial charge in [-0.2, -0.15) is 4.98 Å².